The summed E-state index contributed by atoms with van der Waals surface area (Å²) in [6.45, 7) is 0. The summed E-state index contributed by atoms with van der Waals surface area (Å²) >= 11 is 0. The Morgan fingerprint density at radius 1 is 1.09 bits per heavy atom. The van der Waals surface area contributed by atoms with E-state index < -0.39 is 6.29 Å². The average Bonchev–Trinajstić information content (AvgIpc) is 2.97. The van der Waals surface area contributed by atoms with Crippen LogP contribution in [0.1, 0.15) is 16.8 Å². The molecule has 0 saturated heterocycles. The zero-order chi connectivity index (χ0) is 15.5. The zero-order valence-electron chi connectivity index (χ0n) is 12.4. The van der Waals surface area contributed by atoms with Crippen LogP contribution in [-0.2, 0) is 0 Å². The van der Waals surface area contributed by atoms with E-state index >= 15 is 0 Å². The molecule has 22 heavy (non-hydrogen) atoms. The number of benzene rings is 2. The van der Waals surface area contributed by atoms with E-state index in [1.54, 1.807) is 50.6 Å². The van der Waals surface area contributed by atoms with E-state index in [1.807, 2.05) is 6.07 Å². The third-order valence-corrected chi connectivity index (χ3v) is 3.41. The van der Waals surface area contributed by atoms with E-state index in [0.29, 0.717) is 28.6 Å². The molecule has 1 heterocycles. The molecule has 0 saturated carbocycles. The first-order valence-corrected chi connectivity index (χ1v) is 6.89. The largest absolute Gasteiger partial charge is 0.497 e. The molecule has 0 fully saturated rings. The summed E-state index contributed by atoms with van der Waals surface area (Å²) in [6, 6.07) is 12.4. The fourth-order valence-electron chi connectivity index (χ4n) is 2.31. The van der Waals surface area contributed by atoms with Crippen LogP contribution in [0.25, 0.3) is 0 Å². The van der Waals surface area contributed by atoms with Gasteiger partial charge in [-0.3, -0.25) is 4.79 Å². The lowest BCUT2D eigenvalue weighted by molar-refractivity contribution is 0.0382. The predicted molar refractivity (Wildman–Crippen MR) is 80.0 cm³/mol. The molecule has 0 bridgehead atoms. The lowest BCUT2D eigenvalue weighted by Gasteiger charge is -2.10. The molecule has 114 valence electrons. The maximum absolute atomic E-state index is 12.3. The van der Waals surface area contributed by atoms with Gasteiger partial charge in [0.25, 0.3) is 0 Å². The second-order valence-electron chi connectivity index (χ2n) is 4.81. The van der Waals surface area contributed by atoms with Gasteiger partial charge in [0.15, 0.2) is 17.3 Å². The highest BCUT2D eigenvalue weighted by Crippen LogP contribution is 2.43. The minimum atomic E-state index is -0.648. The normalized spacial score (nSPS) is 15.5. The highest BCUT2D eigenvalue weighted by Gasteiger charge is 2.29. The standard InChI is InChI=1S/C17H16O5/c1-19-12-6-3-5-11(9-12)13(18)10-16-21-15-8-4-7-14(20-2)17(15)22-16/h3-9,16H,10H2,1-2H3. The Balaban J connectivity index is 1.71. The van der Waals surface area contributed by atoms with Crippen LogP contribution in [0.4, 0.5) is 0 Å². The molecule has 1 aliphatic heterocycles. The highest BCUT2D eigenvalue weighted by molar-refractivity contribution is 5.96. The summed E-state index contributed by atoms with van der Waals surface area (Å²) in [5.41, 5.74) is 0.564. The van der Waals surface area contributed by atoms with Crippen molar-refractivity contribution in [1.82, 2.24) is 0 Å². The fraction of sp³-hybridized carbons (Fsp3) is 0.235. The second-order valence-corrected chi connectivity index (χ2v) is 4.81. The Labute approximate surface area is 128 Å². The van der Waals surface area contributed by atoms with Crippen molar-refractivity contribution in [1.29, 1.82) is 0 Å². The van der Waals surface area contributed by atoms with Gasteiger partial charge >= 0.3 is 0 Å². The summed E-state index contributed by atoms with van der Waals surface area (Å²) in [7, 11) is 3.13. The number of methoxy groups -OCH3 is 2. The third-order valence-electron chi connectivity index (χ3n) is 3.41. The van der Waals surface area contributed by atoms with Crippen molar-refractivity contribution in [2.24, 2.45) is 0 Å². The lowest BCUT2D eigenvalue weighted by Crippen LogP contribution is -2.22. The van der Waals surface area contributed by atoms with Gasteiger partial charge in [0.1, 0.15) is 5.75 Å². The first-order valence-electron chi connectivity index (χ1n) is 6.89. The number of hydrogen-bond donors (Lipinski definition) is 0. The molecule has 0 radical (unpaired) electrons. The number of carbonyl (C=O) groups excluding carboxylic acids is 1. The van der Waals surface area contributed by atoms with Crippen LogP contribution >= 0.6 is 0 Å². The van der Waals surface area contributed by atoms with Crippen LogP contribution in [0.3, 0.4) is 0 Å². The summed E-state index contributed by atoms with van der Waals surface area (Å²) in [5, 5.41) is 0. The van der Waals surface area contributed by atoms with E-state index in [9.17, 15) is 4.79 Å². The Hall–Kier alpha value is -2.69. The Kier molecular flexibility index (Phi) is 3.87. The lowest BCUT2D eigenvalue weighted by atomic mass is 10.1. The molecule has 0 aromatic heterocycles. The van der Waals surface area contributed by atoms with Crippen LogP contribution in [0, 0.1) is 0 Å². The summed E-state index contributed by atoms with van der Waals surface area (Å²) in [5.74, 6) is 2.28. The number of ether oxygens (including phenoxy) is 4. The predicted octanol–water partition coefficient (Wildman–Crippen LogP) is 3.07. The Bertz CT molecular complexity index is 695. The molecule has 2 aromatic carbocycles. The van der Waals surface area contributed by atoms with Crippen molar-refractivity contribution in [3.8, 4) is 23.0 Å². The first-order chi connectivity index (χ1) is 10.7. The number of rotatable bonds is 5. The molecule has 1 aliphatic rings. The maximum Gasteiger partial charge on any atom is 0.248 e. The van der Waals surface area contributed by atoms with E-state index in [2.05, 4.69) is 0 Å². The van der Waals surface area contributed by atoms with E-state index in [-0.39, 0.29) is 12.2 Å². The number of Topliss-reactive ketones (excluding diaryl/α,β-unsaturated/α-hetero) is 1. The van der Waals surface area contributed by atoms with E-state index in [1.165, 1.54) is 0 Å². The molecular weight excluding hydrogens is 284 g/mol. The van der Waals surface area contributed by atoms with Crippen LogP contribution in [0.2, 0.25) is 0 Å². The zero-order valence-corrected chi connectivity index (χ0v) is 12.4. The van der Waals surface area contributed by atoms with Gasteiger partial charge in [-0.15, -0.1) is 0 Å². The first kappa shape index (κ1) is 14.3. The van der Waals surface area contributed by atoms with Crippen LogP contribution in [0.15, 0.2) is 42.5 Å². The number of hydrogen-bond acceptors (Lipinski definition) is 5. The number of ketones is 1. The average molecular weight is 300 g/mol. The summed E-state index contributed by atoms with van der Waals surface area (Å²) in [4.78, 5) is 12.3. The van der Waals surface area contributed by atoms with Crippen molar-refractivity contribution >= 4 is 5.78 Å². The second kappa shape index (κ2) is 5.97. The highest BCUT2D eigenvalue weighted by atomic mass is 16.7. The monoisotopic (exact) mass is 300 g/mol. The molecular formula is C17H16O5. The molecule has 1 unspecified atom stereocenters. The summed E-state index contributed by atoms with van der Waals surface area (Å²) < 4.78 is 21.7. The molecule has 2 aromatic rings. The van der Waals surface area contributed by atoms with Crippen molar-refractivity contribution in [3.63, 3.8) is 0 Å². The topological polar surface area (TPSA) is 54.0 Å². The van der Waals surface area contributed by atoms with Gasteiger partial charge in [0.05, 0.1) is 20.6 Å². The number of para-hydroxylation sites is 1. The molecule has 5 heteroatoms. The SMILES string of the molecule is COc1cccc(C(=O)CC2Oc3cccc(OC)c3O2)c1. The Morgan fingerprint density at radius 2 is 1.91 bits per heavy atom. The molecule has 1 atom stereocenters. The minimum absolute atomic E-state index is 0.0735. The van der Waals surface area contributed by atoms with Crippen LogP contribution in [0.5, 0.6) is 23.0 Å². The minimum Gasteiger partial charge on any atom is -0.497 e. The number of carbonyl (C=O) groups is 1. The van der Waals surface area contributed by atoms with Gasteiger partial charge in [0, 0.05) is 5.56 Å². The summed E-state index contributed by atoms with van der Waals surface area (Å²) in [6.07, 6.45) is -0.532. The quantitative estimate of drug-likeness (QED) is 0.794. The smallest absolute Gasteiger partial charge is 0.248 e. The molecule has 5 nitrogen and oxygen atoms in total. The van der Waals surface area contributed by atoms with Crippen LogP contribution in [-0.4, -0.2) is 26.3 Å². The van der Waals surface area contributed by atoms with Gasteiger partial charge in [-0.1, -0.05) is 18.2 Å². The maximum atomic E-state index is 12.3. The van der Waals surface area contributed by atoms with Crippen molar-refractivity contribution < 1.29 is 23.7 Å². The molecule has 0 amide bonds. The van der Waals surface area contributed by atoms with Crippen molar-refractivity contribution in [2.45, 2.75) is 12.7 Å². The molecule has 0 spiro atoms. The fourth-order valence-corrected chi connectivity index (χ4v) is 2.31. The van der Waals surface area contributed by atoms with Gasteiger partial charge in [-0.2, -0.15) is 0 Å². The Morgan fingerprint density at radius 3 is 2.68 bits per heavy atom. The van der Waals surface area contributed by atoms with Gasteiger partial charge in [-0.05, 0) is 24.3 Å². The molecule has 3 rings (SSSR count). The van der Waals surface area contributed by atoms with Gasteiger partial charge in [0.2, 0.25) is 12.0 Å². The van der Waals surface area contributed by atoms with Gasteiger partial charge in [-0.25, -0.2) is 0 Å². The van der Waals surface area contributed by atoms with E-state index in [4.69, 9.17) is 18.9 Å². The van der Waals surface area contributed by atoms with Crippen LogP contribution < -0.4 is 18.9 Å². The third kappa shape index (κ3) is 2.70. The number of fused-ring (bicyclic) bond motifs is 1. The van der Waals surface area contributed by atoms with Crippen molar-refractivity contribution in [2.75, 3.05) is 14.2 Å². The van der Waals surface area contributed by atoms with Gasteiger partial charge < -0.3 is 18.9 Å². The van der Waals surface area contributed by atoms with Crippen molar-refractivity contribution in [3.05, 3.63) is 48.0 Å². The molecule has 0 aliphatic carbocycles. The molecule has 0 N–H and O–H groups in total. The van der Waals surface area contributed by atoms with E-state index in [0.717, 1.165) is 0 Å².